The molecule has 1 fully saturated rings. The topological polar surface area (TPSA) is 47.9 Å². The van der Waals surface area contributed by atoms with Gasteiger partial charge in [-0.1, -0.05) is 6.92 Å². The molecule has 0 bridgehead atoms. The number of aliphatic hydroxyl groups is 1. The fourth-order valence-electron chi connectivity index (χ4n) is 1.69. The molecule has 2 aromatic rings. The Bertz CT molecular complexity index is 532. The molecule has 2 unspecified atom stereocenters. The summed E-state index contributed by atoms with van der Waals surface area (Å²) in [7, 11) is 0. The van der Waals surface area contributed by atoms with Gasteiger partial charge in [-0.15, -0.1) is 24.3 Å². The first-order valence-corrected chi connectivity index (χ1v) is 7.79. The summed E-state index contributed by atoms with van der Waals surface area (Å²) in [5.41, 5.74) is 0. The average Bonchev–Trinajstić information content (AvgIpc) is 2.58. The first kappa shape index (κ1) is 21.1. The third-order valence-electron chi connectivity index (χ3n) is 3.21. The Balaban J connectivity index is 0.000000231. The van der Waals surface area contributed by atoms with E-state index in [1.807, 2.05) is 43.3 Å². The molecule has 0 aromatic heterocycles. The monoisotopic (exact) mass is 403 g/mol. The largest absolute Gasteiger partial charge is 0.516 e. The van der Waals surface area contributed by atoms with Gasteiger partial charge in [0.05, 0.1) is 12.7 Å². The number of hydrogen-bond acceptors (Lipinski definition) is 4. The molecule has 3 rings (SSSR count). The molecule has 0 amide bonds. The predicted octanol–water partition coefficient (Wildman–Crippen LogP) is 3.25. The fourth-order valence-corrected chi connectivity index (χ4v) is 1.69. The van der Waals surface area contributed by atoms with Gasteiger partial charge in [0.15, 0.2) is 6.29 Å². The van der Waals surface area contributed by atoms with Gasteiger partial charge >= 0.3 is 0 Å². The van der Waals surface area contributed by atoms with Crippen LogP contribution < -0.4 is 9.47 Å². The van der Waals surface area contributed by atoms with E-state index in [-0.39, 0.29) is 45.1 Å². The Hall–Kier alpha value is -0.936. The van der Waals surface area contributed by atoms with Crippen molar-refractivity contribution in [2.24, 2.45) is 0 Å². The van der Waals surface area contributed by atoms with Gasteiger partial charge in [0.2, 0.25) is 0 Å². The van der Waals surface area contributed by atoms with E-state index in [2.05, 4.69) is 12.1 Å². The Morgan fingerprint density at radius 3 is 2.12 bits per heavy atom. The van der Waals surface area contributed by atoms with E-state index in [0.29, 0.717) is 6.61 Å². The Labute approximate surface area is 169 Å². The maximum atomic E-state index is 9.19. The molecule has 0 aliphatic carbocycles. The Morgan fingerprint density at radius 1 is 1.12 bits per heavy atom. The third kappa shape index (κ3) is 8.25. The van der Waals surface area contributed by atoms with E-state index in [1.54, 1.807) is 12.1 Å². The normalized spacial score (nSPS) is 16.5. The summed E-state index contributed by atoms with van der Waals surface area (Å²) in [5, 5.41) is 9.19. The van der Waals surface area contributed by atoms with E-state index >= 15 is 0 Å². The molecule has 24 heavy (non-hydrogen) atoms. The van der Waals surface area contributed by atoms with Crippen molar-refractivity contribution in [3.05, 3.63) is 60.7 Å². The SMILES string of the molecule is CCC(O)COc1cc[c-]cc1.[Y].[c-]1ccc(OC2CCO2)cc1. The van der Waals surface area contributed by atoms with Crippen molar-refractivity contribution in [1.29, 1.82) is 0 Å². The molecule has 4 nitrogen and oxygen atoms in total. The number of rotatable bonds is 6. The van der Waals surface area contributed by atoms with Crippen LogP contribution in [-0.2, 0) is 37.4 Å². The van der Waals surface area contributed by atoms with Crippen LogP contribution in [0.2, 0.25) is 0 Å². The number of benzene rings is 2. The van der Waals surface area contributed by atoms with E-state index in [4.69, 9.17) is 14.2 Å². The van der Waals surface area contributed by atoms with Gasteiger partial charge in [-0.3, -0.25) is 0 Å². The van der Waals surface area contributed by atoms with Crippen molar-refractivity contribution in [3.63, 3.8) is 0 Å². The zero-order valence-electron chi connectivity index (χ0n) is 13.9. The Morgan fingerprint density at radius 2 is 1.67 bits per heavy atom. The van der Waals surface area contributed by atoms with Gasteiger partial charge in [0, 0.05) is 50.6 Å². The second-order valence-electron chi connectivity index (χ2n) is 5.05. The summed E-state index contributed by atoms with van der Waals surface area (Å²) in [6.07, 6.45) is 1.34. The second kappa shape index (κ2) is 12.4. The van der Waals surface area contributed by atoms with Gasteiger partial charge in [-0.05, 0) is 6.42 Å². The molecule has 1 saturated heterocycles. The zero-order chi connectivity index (χ0) is 16.3. The maximum absolute atomic E-state index is 9.19. The van der Waals surface area contributed by atoms with Gasteiger partial charge < -0.3 is 19.3 Å². The van der Waals surface area contributed by atoms with Crippen molar-refractivity contribution in [3.8, 4) is 11.5 Å². The summed E-state index contributed by atoms with van der Waals surface area (Å²) in [5.74, 6) is 1.63. The van der Waals surface area contributed by atoms with E-state index in [9.17, 15) is 5.11 Å². The number of hydrogen-bond donors (Lipinski definition) is 1. The molecule has 0 saturated carbocycles. The average molecular weight is 403 g/mol. The van der Waals surface area contributed by atoms with Gasteiger partial charge in [-0.2, -0.15) is 36.4 Å². The molecule has 127 valence electrons. The quantitative estimate of drug-likeness (QED) is 0.753. The van der Waals surface area contributed by atoms with Gasteiger partial charge in [0.25, 0.3) is 0 Å². The van der Waals surface area contributed by atoms with Crippen molar-refractivity contribution in [1.82, 2.24) is 0 Å². The van der Waals surface area contributed by atoms with E-state index < -0.39 is 0 Å². The van der Waals surface area contributed by atoms with Crippen LogP contribution in [0.3, 0.4) is 0 Å². The summed E-state index contributed by atoms with van der Waals surface area (Å²) in [6, 6.07) is 20.4. The molecule has 1 aliphatic rings. The van der Waals surface area contributed by atoms with Crippen LogP contribution in [0.15, 0.2) is 48.5 Å². The predicted molar refractivity (Wildman–Crippen MR) is 87.3 cm³/mol. The van der Waals surface area contributed by atoms with Crippen LogP contribution in [0.4, 0.5) is 0 Å². The molecule has 1 heterocycles. The van der Waals surface area contributed by atoms with E-state index in [1.165, 1.54) is 0 Å². The van der Waals surface area contributed by atoms with Crippen LogP contribution in [0.5, 0.6) is 11.5 Å². The molecule has 2 aromatic carbocycles. The molecule has 1 radical (unpaired) electrons. The summed E-state index contributed by atoms with van der Waals surface area (Å²) in [4.78, 5) is 0. The molecule has 2 atom stereocenters. The van der Waals surface area contributed by atoms with Crippen LogP contribution in [0.25, 0.3) is 0 Å². The van der Waals surface area contributed by atoms with Crippen molar-refractivity contribution >= 4 is 0 Å². The van der Waals surface area contributed by atoms with Crippen molar-refractivity contribution < 1.29 is 52.0 Å². The number of aliphatic hydroxyl groups excluding tert-OH is 1. The first-order valence-electron chi connectivity index (χ1n) is 7.79. The van der Waals surface area contributed by atoms with Crippen LogP contribution in [-0.4, -0.2) is 30.7 Å². The zero-order valence-corrected chi connectivity index (χ0v) is 16.7. The van der Waals surface area contributed by atoms with Crippen LogP contribution >= 0.6 is 0 Å². The van der Waals surface area contributed by atoms with Crippen LogP contribution in [0, 0.1) is 12.1 Å². The third-order valence-corrected chi connectivity index (χ3v) is 3.21. The summed E-state index contributed by atoms with van der Waals surface area (Å²) in [6.45, 7) is 3.11. The first-order chi connectivity index (χ1) is 11.3. The molecule has 1 aliphatic heterocycles. The number of ether oxygens (including phenoxy) is 3. The standard InChI is InChI=1S/C10H13O2.C9H9O2.Y/c1-2-9(11)8-12-10-6-4-3-5-7-10;1-2-4-8(5-3-1)11-9-6-7-10-9;/h4-7,9,11H,2,8H2,1H3;2-5,9H,6-7H2;/q2*-1;. The van der Waals surface area contributed by atoms with Crippen molar-refractivity contribution in [2.75, 3.05) is 13.2 Å². The Kier molecular flexibility index (Phi) is 10.9. The van der Waals surface area contributed by atoms with E-state index in [0.717, 1.165) is 30.9 Å². The van der Waals surface area contributed by atoms with Gasteiger partial charge in [-0.25, -0.2) is 0 Å². The van der Waals surface area contributed by atoms with Crippen LogP contribution in [0.1, 0.15) is 19.8 Å². The summed E-state index contributed by atoms with van der Waals surface area (Å²) < 4.78 is 15.8. The summed E-state index contributed by atoms with van der Waals surface area (Å²) >= 11 is 0. The molecular weight excluding hydrogens is 381 g/mol. The molecular formula is C19H22O4Y-2. The smallest absolute Gasteiger partial charge is 0.198 e. The fraction of sp³-hybridized carbons (Fsp3) is 0.368. The van der Waals surface area contributed by atoms with Crippen molar-refractivity contribution in [2.45, 2.75) is 32.2 Å². The molecule has 0 spiro atoms. The molecule has 1 N–H and O–H groups in total. The minimum atomic E-state index is -0.366. The molecule has 5 heteroatoms. The van der Waals surface area contributed by atoms with Gasteiger partial charge in [0.1, 0.15) is 6.61 Å². The second-order valence-corrected chi connectivity index (χ2v) is 5.05. The minimum absolute atomic E-state index is 0. The maximum Gasteiger partial charge on any atom is 0.198 e. The minimum Gasteiger partial charge on any atom is -0.516 e.